The number of amides is 1. The summed E-state index contributed by atoms with van der Waals surface area (Å²) in [4.78, 5) is 9.91. The molecule has 0 aromatic heterocycles. The van der Waals surface area contributed by atoms with Crippen molar-refractivity contribution in [3.05, 3.63) is 53.8 Å². The molecule has 0 aliphatic heterocycles. The zero-order valence-corrected chi connectivity index (χ0v) is 12.5. The minimum Gasteiger partial charge on any atom is -0.377 e. The Bertz CT molecular complexity index is 868. The molecule has 122 valence electrons. The zero-order chi connectivity index (χ0) is 17.2. The van der Waals surface area contributed by atoms with E-state index < -0.39 is 38.4 Å². The van der Waals surface area contributed by atoms with Gasteiger partial charge in [0.25, 0.3) is 0 Å². The van der Waals surface area contributed by atoms with Crippen LogP contribution in [0.1, 0.15) is 6.92 Å². The van der Waals surface area contributed by atoms with Gasteiger partial charge < -0.3 is 9.50 Å². The van der Waals surface area contributed by atoms with Crippen LogP contribution in [0.4, 0.5) is 18.9 Å². The molecule has 0 saturated heterocycles. The van der Waals surface area contributed by atoms with E-state index in [4.69, 9.17) is 4.18 Å². The van der Waals surface area contributed by atoms with Gasteiger partial charge in [0.2, 0.25) is 5.91 Å². The van der Waals surface area contributed by atoms with Crippen molar-refractivity contribution in [2.24, 2.45) is 0 Å². The fraction of sp³-hybridized carbons (Fsp3) is 0.0714. The lowest BCUT2D eigenvalue weighted by Crippen LogP contribution is -2.15. The first kappa shape index (κ1) is 16.8. The second-order valence-electron chi connectivity index (χ2n) is 4.41. The molecule has 2 rings (SSSR count). The summed E-state index contributed by atoms with van der Waals surface area (Å²) in [6.45, 7) is 1.19. The fourth-order valence-corrected chi connectivity index (χ4v) is 2.71. The lowest BCUT2D eigenvalue weighted by Gasteiger charge is -2.12. The van der Waals surface area contributed by atoms with Crippen molar-refractivity contribution in [2.45, 2.75) is 11.8 Å². The van der Waals surface area contributed by atoms with E-state index in [1.165, 1.54) is 31.2 Å². The van der Waals surface area contributed by atoms with Gasteiger partial charge in [0.05, 0.1) is 5.69 Å². The molecule has 0 radical (unpaired) electrons. The first-order valence-electron chi connectivity index (χ1n) is 6.16. The summed E-state index contributed by atoms with van der Waals surface area (Å²) in [5.41, 5.74) is 0.0200. The van der Waals surface area contributed by atoms with Crippen LogP contribution < -0.4 is 9.50 Å². The lowest BCUT2D eigenvalue weighted by atomic mass is 10.3. The average molecular weight is 345 g/mol. The van der Waals surface area contributed by atoms with E-state index in [9.17, 15) is 26.4 Å². The first-order valence-corrected chi connectivity index (χ1v) is 7.57. The predicted molar refractivity (Wildman–Crippen MR) is 74.9 cm³/mol. The number of carbonyl (C=O) groups excluding carboxylic acids is 1. The minimum atomic E-state index is -4.77. The highest BCUT2D eigenvalue weighted by atomic mass is 32.2. The molecule has 0 saturated carbocycles. The second kappa shape index (κ2) is 6.29. The van der Waals surface area contributed by atoms with Crippen LogP contribution in [0.25, 0.3) is 0 Å². The van der Waals surface area contributed by atoms with Gasteiger partial charge in [-0.1, -0.05) is 12.1 Å². The quantitative estimate of drug-likeness (QED) is 0.683. The van der Waals surface area contributed by atoms with Crippen molar-refractivity contribution >= 4 is 21.7 Å². The van der Waals surface area contributed by atoms with Crippen LogP contribution in [-0.4, -0.2) is 14.3 Å². The first-order chi connectivity index (χ1) is 10.7. The topological polar surface area (TPSA) is 72.5 Å². The number of rotatable bonds is 4. The van der Waals surface area contributed by atoms with Crippen molar-refractivity contribution in [3.63, 3.8) is 0 Å². The lowest BCUT2D eigenvalue weighted by molar-refractivity contribution is -0.114. The van der Waals surface area contributed by atoms with E-state index in [0.717, 1.165) is 0 Å². The van der Waals surface area contributed by atoms with E-state index >= 15 is 0 Å². The fourth-order valence-electron chi connectivity index (χ4n) is 1.69. The number of hydrogen-bond acceptors (Lipinski definition) is 4. The number of hydrogen-bond donors (Lipinski definition) is 1. The van der Waals surface area contributed by atoms with Gasteiger partial charge in [-0.05, 0) is 12.1 Å². The minimum absolute atomic E-state index is 0.0200. The normalized spacial score (nSPS) is 11.1. The molecule has 0 unspecified atom stereocenters. The number of nitrogens with one attached hydrogen (secondary N) is 1. The third-order valence-corrected chi connectivity index (χ3v) is 3.89. The van der Waals surface area contributed by atoms with Gasteiger partial charge in [-0.15, -0.1) is 0 Å². The molecule has 1 N–H and O–H groups in total. The summed E-state index contributed by atoms with van der Waals surface area (Å²) in [7, 11) is -4.77. The maximum atomic E-state index is 13.6. The van der Waals surface area contributed by atoms with Gasteiger partial charge in [-0.2, -0.15) is 8.42 Å². The van der Waals surface area contributed by atoms with Crippen LogP contribution in [-0.2, 0) is 14.9 Å². The number of halogens is 3. The van der Waals surface area contributed by atoms with Crippen LogP contribution in [0, 0.1) is 17.5 Å². The summed E-state index contributed by atoms with van der Waals surface area (Å²) < 4.78 is 68.5. The SMILES string of the molecule is CC(=O)Nc1ccccc1OS(=O)(=O)c1cc(F)c(F)cc1F. The van der Waals surface area contributed by atoms with Crippen molar-refractivity contribution in [3.8, 4) is 5.75 Å². The Balaban J connectivity index is 2.44. The molecule has 23 heavy (non-hydrogen) atoms. The van der Waals surface area contributed by atoms with E-state index in [2.05, 4.69) is 5.32 Å². The van der Waals surface area contributed by atoms with Gasteiger partial charge in [0.15, 0.2) is 17.4 Å². The molecule has 0 aliphatic carbocycles. The van der Waals surface area contributed by atoms with Crippen molar-refractivity contribution in [1.82, 2.24) is 0 Å². The Kier molecular flexibility index (Phi) is 4.60. The second-order valence-corrected chi connectivity index (χ2v) is 5.93. The predicted octanol–water partition coefficient (Wildman–Crippen LogP) is 2.83. The summed E-state index contributed by atoms with van der Waals surface area (Å²) in [6.07, 6.45) is 0. The Labute approximate surface area is 129 Å². The maximum absolute atomic E-state index is 13.6. The molecule has 0 fully saturated rings. The van der Waals surface area contributed by atoms with Crippen LogP contribution >= 0.6 is 0 Å². The number of para-hydroxylation sites is 2. The highest BCUT2D eigenvalue weighted by Crippen LogP contribution is 2.28. The monoisotopic (exact) mass is 345 g/mol. The number of benzene rings is 2. The van der Waals surface area contributed by atoms with Gasteiger partial charge in [-0.25, -0.2) is 13.2 Å². The van der Waals surface area contributed by atoms with Gasteiger partial charge in [0.1, 0.15) is 10.7 Å². The van der Waals surface area contributed by atoms with Crippen LogP contribution in [0.2, 0.25) is 0 Å². The summed E-state index contributed by atoms with van der Waals surface area (Å²) in [5.74, 6) is -5.35. The van der Waals surface area contributed by atoms with Crippen molar-refractivity contribution in [2.75, 3.05) is 5.32 Å². The van der Waals surface area contributed by atoms with Crippen molar-refractivity contribution in [1.29, 1.82) is 0 Å². The Morgan fingerprint density at radius 2 is 1.65 bits per heavy atom. The Morgan fingerprint density at radius 3 is 2.30 bits per heavy atom. The average Bonchev–Trinajstić information content (AvgIpc) is 2.44. The van der Waals surface area contributed by atoms with Gasteiger partial charge >= 0.3 is 10.1 Å². The molecule has 2 aromatic carbocycles. The molecular weight excluding hydrogens is 335 g/mol. The van der Waals surface area contributed by atoms with E-state index in [1.807, 2.05) is 0 Å². The summed E-state index contributed by atoms with van der Waals surface area (Å²) in [5, 5.41) is 2.33. The Morgan fingerprint density at radius 1 is 1.04 bits per heavy atom. The highest BCUT2D eigenvalue weighted by molar-refractivity contribution is 7.87. The van der Waals surface area contributed by atoms with E-state index in [-0.39, 0.29) is 23.6 Å². The number of anilines is 1. The van der Waals surface area contributed by atoms with Crippen LogP contribution in [0.5, 0.6) is 5.75 Å². The third kappa shape index (κ3) is 3.81. The molecule has 1 amide bonds. The molecule has 0 bridgehead atoms. The standard InChI is InChI=1S/C14H10F3NO4S/c1-8(19)18-12-4-2-3-5-13(12)22-23(20,21)14-7-10(16)9(15)6-11(14)17/h2-7H,1H3,(H,18,19). The number of carbonyl (C=O) groups is 1. The maximum Gasteiger partial charge on any atom is 0.342 e. The zero-order valence-electron chi connectivity index (χ0n) is 11.6. The van der Waals surface area contributed by atoms with Crippen molar-refractivity contribution < 1.29 is 30.6 Å². The third-order valence-electron chi connectivity index (χ3n) is 2.64. The summed E-state index contributed by atoms with van der Waals surface area (Å²) >= 11 is 0. The van der Waals surface area contributed by atoms with Gasteiger partial charge in [-0.3, -0.25) is 4.79 Å². The molecule has 0 heterocycles. The molecule has 5 nitrogen and oxygen atoms in total. The molecular formula is C14H10F3NO4S. The van der Waals surface area contributed by atoms with E-state index in [1.54, 1.807) is 0 Å². The summed E-state index contributed by atoms with van der Waals surface area (Å²) in [6, 6.07) is 5.77. The molecule has 0 atom stereocenters. The Hall–Kier alpha value is -2.55. The largest absolute Gasteiger partial charge is 0.377 e. The smallest absolute Gasteiger partial charge is 0.342 e. The molecule has 2 aromatic rings. The molecule has 9 heteroatoms. The molecule has 0 aliphatic rings. The van der Waals surface area contributed by atoms with Gasteiger partial charge in [0, 0.05) is 19.1 Å². The van der Waals surface area contributed by atoms with Crippen LogP contribution in [0.15, 0.2) is 41.3 Å². The van der Waals surface area contributed by atoms with Crippen LogP contribution in [0.3, 0.4) is 0 Å². The molecule has 0 spiro atoms. The van der Waals surface area contributed by atoms with E-state index in [0.29, 0.717) is 0 Å². The highest BCUT2D eigenvalue weighted by Gasteiger charge is 2.25.